The number of hydrogen-bond donors (Lipinski definition) is 1. The lowest BCUT2D eigenvalue weighted by Crippen LogP contribution is -2.24. The maximum Gasteiger partial charge on any atom is 0.267 e. The third-order valence-electron chi connectivity index (χ3n) is 6.91. The molecule has 0 aliphatic heterocycles. The highest BCUT2D eigenvalue weighted by Crippen LogP contribution is 2.35. The van der Waals surface area contributed by atoms with Crippen molar-refractivity contribution in [3.05, 3.63) is 116 Å². The highest BCUT2D eigenvalue weighted by Gasteiger charge is 2.23. The summed E-state index contributed by atoms with van der Waals surface area (Å²) in [6, 6.07) is 24.5. The van der Waals surface area contributed by atoms with Gasteiger partial charge in [0.15, 0.2) is 5.16 Å². The first-order valence-corrected chi connectivity index (χ1v) is 15.8. The summed E-state index contributed by atoms with van der Waals surface area (Å²) in [5, 5.41) is 5.83. The van der Waals surface area contributed by atoms with Crippen molar-refractivity contribution >= 4 is 57.0 Å². The smallest absolute Gasteiger partial charge is 0.267 e. The fourth-order valence-electron chi connectivity index (χ4n) is 4.83. The van der Waals surface area contributed by atoms with E-state index in [4.69, 9.17) is 21.3 Å². The SMILES string of the molecule is O=C(CSc1nc2sc3c(c2c(=O)n1-c1ccc(Cl)cc1)CCCC3)NN=Cc1ccc(OCc2ccccc2)cc1. The summed E-state index contributed by atoms with van der Waals surface area (Å²) in [7, 11) is 0. The van der Waals surface area contributed by atoms with Crippen molar-refractivity contribution in [3.63, 3.8) is 0 Å². The Bertz CT molecular complexity index is 1800. The van der Waals surface area contributed by atoms with Crippen LogP contribution in [0.5, 0.6) is 5.75 Å². The fourth-order valence-corrected chi connectivity index (χ4v) is 7.07. The Morgan fingerprint density at radius 2 is 1.81 bits per heavy atom. The summed E-state index contributed by atoms with van der Waals surface area (Å²) in [4.78, 5) is 33.4. The molecule has 7 nitrogen and oxygen atoms in total. The molecule has 1 aliphatic carbocycles. The topological polar surface area (TPSA) is 85.6 Å². The van der Waals surface area contributed by atoms with Crippen molar-refractivity contribution in [1.82, 2.24) is 15.0 Å². The molecule has 0 fully saturated rings. The number of halogens is 1. The maximum absolute atomic E-state index is 13.8. The van der Waals surface area contributed by atoms with Gasteiger partial charge in [-0.2, -0.15) is 5.10 Å². The molecule has 0 saturated heterocycles. The second-order valence-electron chi connectivity index (χ2n) is 9.83. The molecule has 0 atom stereocenters. The van der Waals surface area contributed by atoms with E-state index in [1.165, 1.54) is 16.6 Å². The van der Waals surface area contributed by atoms with Crippen molar-refractivity contribution in [2.24, 2.45) is 5.10 Å². The monoisotopic (exact) mass is 614 g/mol. The minimum Gasteiger partial charge on any atom is -0.489 e. The molecule has 2 heterocycles. The first-order chi connectivity index (χ1) is 20.5. The lowest BCUT2D eigenvalue weighted by molar-refractivity contribution is -0.118. The summed E-state index contributed by atoms with van der Waals surface area (Å²) >= 11 is 8.91. The van der Waals surface area contributed by atoms with Crippen LogP contribution in [0.2, 0.25) is 5.02 Å². The standard InChI is InChI=1S/C32H27ClN4O3S2/c33-23-12-14-24(15-13-23)37-31(39)29-26-8-4-5-9-27(26)42-30(29)35-32(37)41-20-28(38)36-34-18-21-10-16-25(17-11-21)40-19-22-6-2-1-3-7-22/h1-3,6-7,10-18H,4-5,8-9,19-20H2,(H,36,38). The van der Waals surface area contributed by atoms with Gasteiger partial charge >= 0.3 is 0 Å². The van der Waals surface area contributed by atoms with E-state index in [1.54, 1.807) is 46.4 Å². The molecule has 42 heavy (non-hydrogen) atoms. The van der Waals surface area contributed by atoms with E-state index < -0.39 is 0 Å². The van der Waals surface area contributed by atoms with Crippen LogP contribution in [0.4, 0.5) is 0 Å². The van der Waals surface area contributed by atoms with Crippen LogP contribution in [0.3, 0.4) is 0 Å². The molecule has 0 unspecified atom stereocenters. The van der Waals surface area contributed by atoms with Crippen molar-refractivity contribution in [3.8, 4) is 11.4 Å². The number of hydrazone groups is 1. The first-order valence-electron chi connectivity index (χ1n) is 13.6. The highest BCUT2D eigenvalue weighted by atomic mass is 35.5. The van der Waals surface area contributed by atoms with Crippen LogP contribution in [-0.4, -0.2) is 27.4 Å². The molecule has 1 amide bonds. The number of nitrogens with zero attached hydrogens (tertiary/aromatic N) is 3. The van der Waals surface area contributed by atoms with Crippen molar-refractivity contribution in [2.45, 2.75) is 37.4 Å². The van der Waals surface area contributed by atoms with E-state index in [9.17, 15) is 9.59 Å². The van der Waals surface area contributed by atoms with Crippen LogP contribution >= 0.6 is 34.7 Å². The van der Waals surface area contributed by atoms with E-state index in [-0.39, 0.29) is 17.2 Å². The molecular formula is C32H27ClN4O3S2. The number of aryl methyl sites for hydroxylation is 2. The quantitative estimate of drug-likeness (QED) is 0.0854. The Kier molecular flexibility index (Phi) is 8.69. The predicted molar refractivity (Wildman–Crippen MR) is 171 cm³/mol. The highest BCUT2D eigenvalue weighted by molar-refractivity contribution is 7.99. The van der Waals surface area contributed by atoms with Gasteiger partial charge in [0.25, 0.3) is 11.5 Å². The Hall–Kier alpha value is -3.92. The summed E-state index contributed by atoms with van der Waals surface area (Å²) in [5.41, 5.74) is 6.16. The van der Waals surface area contributed by atoms with Gasteiger partial charge in [0.1, 0.15) is 17.2 Å². The van der Waals surface area contributed by atoms with Crippen LogP contribution in [0.25, 0.3) is 15.9 Å². The number of rotatable bonds is 9. The van der Waals surface area contributed by atoms with Crippen molar-refractivity contribution in [2.75, 3.05) is 5.75 Å². The van der Waals surface area contributed by atoms with Gasteiger partial charge in [-0.15, -0.1) is 11.3 Å². The van der Waals surface area contributed by atoms with E-state index in [0.717, 1.165) is 53.0 Å². The Labute approximate surface area is 256 Å². The lowest BCUT2D eigenvalue weighted by Gasteiger charge is -2.13. The molecular weight excluding hydrogens is 588 g/mol. The summed E-state index contributed by atoms with van der Waals surface area (Å²) in [6.45, 7) is 0.491. The van der Waals surface area contributed by atoms with E-state index in [0.29, 0.717) is 27.9 Å². The maximum atomic E-state index is 13.8. The van der Waals surface area contributed by atoms with Gasteiger partial charge in [0.05, 0.1) is 23.0 Å². The summed E-state index contributed by atoms with van der Waals surface area (Å²) in [6.07, 6.45) is 5.64. The summed E-state index contributed by atoms with van der Waals surface area (Å²) in [5.74, 6) is 0.487. The second kappa shape index (κ2) is 12.9. The predicted octanol–water partition coefficient (Wildman–Crippen LogP) is 6.80. The molecule has 2 aromatic heterocycles. The zero-order valence-electron chi connectivity index (χ0n) is 22.6. The fraction of sp³-hybridized carbons (Fsp3) is 0.188. The largest absolute Gasteiger partial charge is 0.489 e. The molecule has 1 N–H and O–H groups in total. The number of amides is 1. The third-order valence-corrected chi connectivity index (χ3v) is 9.28. The second-order valence-corrected chi connectivity index (χ2v) is 12.3. The molecule has 0 saturated carbocycles. The van der Waals surface area contributed by atoms with Crippen LogP contribution in [-0.2, 0) is 24.2 Å². The third kappa shape index (κ3) is 6.43. The molecule has 212 valence electrons. The van der Waals surface area contributed by atoms with Gasteiger partial charge in [-0.25, -0.2) is 10.4 Å². The number of benzene rings is 3. The average Bonchev–Trinajstić information content (AvgIpc) is 3.40. The number of aromatic nitrogens is 2. The van der Waals surface area contributed by atoms with Gasteiger partial charge in [0, 0.05) is 9.90 Å². The minimum absolute atomic E-state index is 0.0419. The number of fused-ring (bicyclic) bond motifs is 3. The summed E-state index contributed by atoms with van der Waals surface area (Å²) < 4.78 is 7.40. The molecule has 6 rings (SSSR count). The van der Waals surface area contributed by atoms with Crippen LogP contribution in [0, 0.1) is 0 Å². The lowest BCUT2D eigenvalue weighted by atomic mass is 9.97. The van der Waals surface area contributed by atoms with Crippen LogP contribution in [0.15, 0.2) is 93.9 Å². The first kappa shape index (κ1) is 28.2. The van der Waals surface area contributed by atoms with Gasteiger partial charge < -0.3 is 4.74 Å². The number of thiophene rings is 1. The molecule has 5 aromatic rings. The number of hydrogen-bond acceptors (Lipinski definition) is 7. The van der Waals surface area contributed by atoms with Crippen molar-refractivity contribution < 1.29 is 9.53 Å². The molecule has 1 aliphatic rings. The number of nitrogens with one attached hydrogen (secondary N) is 1. The molecule has 0 radical (unpaired) electrons. The Balaban J connectivity index is 1.13. The van der Waals surface area contributed by atoms with Gasteiger partial charge in [-0.3, -0.25) is 14.2 Å². The number of ether oxygens (including phenoxy) is 1. The number of carbonyl (C=O) groups is 1. The van der Waals surface area contributed by atoms with Crippen molar-refractivity contribution in [1.29, 1.82) is 0 Å². The van der Waals surface area contributed by atoms with Crippen LogP contribution in [0.1, 0.15) is 34.4 Å². The van der Waals surface area contributed by atoms with Gasteiger partial charge in [-0.1, -0.05) is 53.7 Å². The molecule has 3 aromatic carbocycles. The van der Waals surface area contributed by atoms with E-state index >= 15 is 0 Å². The molecule has 0 spiro atoms. The normalized spacial score (nSPS) is 12.9. The Morgan fingerprint density at radius 3 is 2.60 bits per heavy atom. The number of carbonyl (C=O) groups excluding carboxylic acids is 1. The number of thioether (sulfide) groups is 1. The zero-order valence-corrected chi connectivity index (χ0v) is 25.0. The molecule has 10 heteroatoms. The minimum atomic E-state index is -0.304. The Morgan fingerprint density at radius 1 is 1.05 bits per heavy atom. The van der Waals surface area contributed by atoms with Crippen LogP contribution < -0.4 is 15.7 Å². The van der Waals surface area contributed by atoms with E-state index in [2.05, 4.69) is 10.5 Å². The van der Waals surface area contributed by atoms with E-state index in [1.807, 2.05) is 54.6 Å². The average molecular weight is 615 g/mol. The van der Waals surface area contributed by atoms with Gasteiger partial charge in [-0.05, 0) is 90.9 Å². The molecule has 0 bridgehead atoms. The van der Waals surface area contributed by atoms with Gasteiger partial charge in [0.2, 0.25) is 0 Å². The zero-order chi connectivity index (χ0) is 28.9.